The topological polar surface area (TPSA) is 53.1 Å². The number of fused-ring (bicyclic) bond motifs is 1. The molecule has 28 heavy (non-hydrogen) atoms. The SMILES string of the molecule is COc1ccc(-n2nc(C3CC3)c3c(C(F)F)cc(-c4ccco4)nc32)cc1. The molecule has 0 atom stereocenters. The summed E-state index contributed by atoms with van der Waals surface area (Å²) in [5.74, 6) is 1.36. The van der Waals surface area contributed by atoms with Crippen molar-refractivity contribution in [3.05, 3.63) is 60.0 Å². The molecule has 0 bridgehead atoms. The van der Waals surface area contributed by atoms with Gasteiger partial charge in [0.05, 0.1) is 30.1 Å². The Balaban J connectivity index is 1.79. The van der Waals surface area contributed by atoms with Crippen LogP contribution in [0.1, 0.15) is 36.4 Å². The van der Waals surface area contributed by atoms with Gasteiger partial charge in [-0.1, -0.05) is 0 Å². The fourth-order valence-electron chi connectivity index (χ4n) is 3.44. The number of aromatic nitrogens is 3. The largest absolute Gasteiger partial charge is 0.497 e. The second-order valence-electron chi connectivity index (χ2n) is 6.84. The third-order valence-electron chi connectivity index (χ3n) is 4.99. The first-order valence-corrected chi connectivity index (χ1v) is 9.05. The van der Waals surface area contributed by atoms with Gasteiger partial charge in [-0.15, -0.1) is 0 Å². The number of halogens is 2. The van der Waals surface area contributed by atoms with Gasteiger partial charge in [-0.25, -0.2) is 18.4 Å². The zero-order chi connectivity index (χ0) is 19.3. The Morgan fingerprint density at radius 2 is 1.96 bits per heavy atom. The molecule has 3 aromatic heterocycles. The van der Waals surface area contributed by atoms with Crippen molar-refractivity contribution in [3.8, 4) is 22.9 Å². The van der Waals surface area contributed by atoms with Gasteiger partial charge in [0.2, 0.25) is 0 Å². The summed E-state index contributed by atoms with van der Waals surface area (Å²) in [6, 6.07) is 12.1. The van der Waals surface area contributed by atoms with Gasteiger partial charge in [-0.2, -0.15) is 5.10 Å². The number of pyridine rings is 1. The Kier molecular flexibility index (Phi) is 3.89. The van der Waals surface area contributed by atoms with E-state index < -0.39 is 6.43 Å². The average Bonchev–Trinajstić information content (AvgIpc) is 3.27. The van der Waals surface area contributed by atoms with E-state index in [0.29, 0.717) is 33.9 Å². The van der Waals surface area contributed by atoms with Crippen LogP contribution in [0.4, 0.5) is 8.78 Å². The number of furan rings is 1. The highest BCUT2D eigenvalue weighted by molar-refractivity contribution is 5.87. The minimum atomic E-state index is -2.63. The highest BCUT2D eigenvalue weighted by Gasteiger charge is 2.33. The number of methoxy groups -OCH3 is 1. The lowest BCUT2D eigenvalue weighted by molar-refractivity contribution is 0.153. The maximum atomic E-state index is 14.0. The maximum absolute atomic E-state index is 14.0. The zero-order valence-corrected chi connectivity index (χ0v) is 15.1. The number of alkyl halides is 2. The van der Waals surface area contributed by atoms with Crippen LogP contribution in [0, 0.1) is 0 Å². The highest BCUT2D eigenvalue weighted by Crippen LogP contribution is 2.45. The van der Waals surface area contributed by atoms with Gasteiger partial charge >= 0.3 is 0 Å². The number of benzene rings is 1. The number of hydrogen-bond acceptors (Lipinski definition) is 4. The minimum Gasteiger partial charge on any atom is -0.497 e. The molecule has 4 aromatic rings. The molecule has 5 nitrogen and oxygen atoms in total. The Labute approximate surface area is 159 Å². The van der Waals surface area contributed by atoms with Gasteiger partial charge < -0.3 is 9.15 Å². The number of ether oxygens (including phenoxy) is 1. The summed E-state index contributed by atoms with van der Waals surface area (Å²) in [4.78, 5) is 4.65. The lowest BCUT2D eigenvalue weighted by atomic mass is 10.1. The van der Waals surface area contributed by atoms with Crippen LogP contribution >= 0.6 is 0 Å². The number of hydrogen-bond donors (Lipinski definition) is 0. The summed E-state index contributed by atoms with van der Waals surface area (Å²) in [5, 5.41) is 5.14. The average molecular weight is 381 g/mol. The molecule has 1 aromatic carbocycles. The van der Waals surface area contributed by atoms with Crippen molar-refractivity contribution in [2.75, 3.05) is 7.11 Å². The molecule has 5 rings (SSSR count). The Morgan fingerprint density at radius 3 is 2.57 bits per heavy atom. The summed E-state index contributed by atoms with van der Waals surface area (Å²) < 4.78 is 40.2. The highest BCUT2D eigenvalue weighted by atomic mass is 19.3. The van der Waals surface area contributed by atoms with Crippen LogP contribution in [-0.2, 0) is 0 Å². The quantitative estimate of drug-likeness (QED) is 0.458. The lowest BCUT2D eigenvalue weighted by Gasteiger charge is -2.08. The van der Waals surface area contributed by atoms with Gasteiger partial charge in [0.15, 0.2) is 11.4 Å². The van der Waals surface area contributed by atoms with Crippen LogP contribution in [0.3, 0.4) is 0 Å². The minimum absolute atomic E-state index is 0.0574. The fraction of sp³-hybridized carbons (Fsp3) is 0.238. The summed E-state index contributed by atoms with van der Waals surface area (Å²) in [6.45, 7) is 0. The van der Waals surface area contributed by atoms with Crippen LogP contribution in [0.2, 0.25) is 0 Å². The summed E-state index contributed by atoms with van der Waals surface area (Å²) in [7, 11) is 1.59. The van der Waals surface area contributed by atoms with Gasteiger partial charge in [-0.3, -0.25) is 0 Å². The maximum Gasteiger partial charge on any atom is 0.264 e. The molecule has 0 N–H and O–H groups in total. The molecular formula is C21H17F2N3O2. The van der Waals surface area contributed by atoms with E-state index in [9.17, 15) is 8.78 Å². The van der Waals surface area contributed by atoms with Crippen LogP contribution in [0.5, 0.6) is 5.75 Å². The smallest absolute Gasteiger partial charge is 0.264 e. The third-order valence-corrected chi connectivity index (χ3v) is 4.99. The monoisotopic (exact) mass is 381 g/mol. The molecular weight excluding hydrogens is 364 g/mol. The van der Waals surface area contributed by atoms with Crippen LogP contribution in [-0.4, -0.2) is 21.9 Å². The first-order valence-electron chi connectivity index (χ1n) is 9.05. The molecule has 0 saturated heterocycles. The zero-order valence-electron chi connectivity index (χ0n) is 15.1. The number of nitrogens with zero attached hydrogens (tertiary/aromatic N) is 3. The van der Waals surface area contributed by atoms with Crippen LogP contribution in [0.15, 0.2) is 53.1 Å². The van der Waals surface area contributed by atoms with Crippen molar-refractivity contribution in [3.63, 3.8) is 0 Å². The molecule has 0 radical (unpaired) electrons. The normalized spacial score (nSPS) is 14.1. The summed E-state index contributed by atoms with van der Waals surface area (Å²) in [6.07, 6.45) is 0.777. The fourth-order valence-corrected chi connectivity index (χ4v) is 3.44. The molecule has 1 aliphatic carbocycles. The van der Waals surface area contributed by atoms with E-state index in [1.807, 2.05) is 24.3 Å². The van der Waals surface area contributed by atoms with E-state index >= 15 is 0 Å². The van der Waals surface area contributed by atoms with E-state index in [-0.39, 0.29) is 11.5 Å². The molecule has 1 fully saturated rings. The van der Waals surface area contributed by atoms with Gasteiger partial charge in [0.1, 0.15) is 11.4 Å². The van der Waals surface area contributed by atoms with Gasteiger partial charge in [0, 0.05) is 11.5 Å². The first-order chi connectivity index (χ1) is 13.7. The van der Waals surface area contributed by atoms with Crippen molar-refractivity contribution >= 4 is 11.0 Å². The Hall–Kier alpha value is -3.22. The third kappa shape index (κ3) is 2.74. The molecule has 1 aliphatic rings. The number of rotatable bonds is 5. The molecule has 142 valence electrons. The van der Waals surface area contributed by atoms with Crippen LogP contribution < -0.4 is 4.74 Å². The molecule has 3 heterocycles. The van der Waals surface area contributed by atoms with Crippen molar-refractivity contribution in [1.82, 2.24) is 14.8 Å². The van der Waals surface area contributed by atoms with E-state index in [1.54, 1.807) is 23.9 Å². The molecule has 0 amide bonds. The van der Waals surface area contributed by atoms with E-state index in [2.05, 4.69) is 4.98 Å². The Morgan fingerprint density at radius 1 is 1.18 bits per heavy atom. The first kappa shape index (κ1) is 16.9. The van der Waals surface area contributed by atoms with Crippen molar-refractivity contribution in [2.45, 2.75) is 25.2 Å². The molecule has 0 aliphatic heterocycles. The predicted octanol–water partition coefficient (Wildman–Crippen LogP) is 5.50. The molecule has 0 spiro atoms. The summed E-state index contributed by atoms with van der Waals surface area (Å²) in [5.41, 5.74) is 2.15. The van der Waals surface area contributed by atoms with Crippen molar-refractivity contribution < 1.29 is 17.9 Å². The lowest BCUT2D eigenvalue weighted by Crippen LogP contribution is -1.99. The van der Waals surface area contributed by atoms with Gasteiger partial charge in [0.25, 0.3) is 6.43 Å². The Bertz CT molecular complexity index is 1130. The van der Waals surface area contributed by atoms with Crippen LogP contribution in [0.25, 0.3) is 28.2 Å². The second-order valence-corrected chi connectivity index (χ2v) is 6.84. The molecule has 0 unspecified atom stereocenters. The standard InChI is InChI=1S/C21H17F2N3O2/c1-27-14-8-6-13(7-9-14)26-21-18(19(25-26)12-4-5-12)15(20(22)23)11-16(24-21)17-3-2-10-28-17/h2-3,6-12,20H,4-5H2,1H3. The van der Waals surface area contributed by atoms with Crippen molar-refractivity contribution in [1.29, 1.82) is 0 Å². The van der Waals surface area contributed by atoms with E-state index in [0.717, 1.165) is 18.5 Å². The van der Waals surface area contributed by atoms with E-state index in [1.165, 1.54) is 12.3 Å². The summed E-state index contributed by atoms with van der Waals surface area (Å²) >= 11 is 0. The second kappa shape index (κ2) is 6.44. The van der Waals surface area contributed by atoms with E-state index in [4.69, 9.17) is 14.3 Å². The van der Waals surface area contributed by atoms with Gasteiger partial charge in [-0.05, 0) is 55.3 Å². The predicted molar refractivity (Wildman–Crippen MR) is 100 cm³/mol. The molecule has 7 heteroatoms. The van der Waals surface area contributed by atoms with Crippen molar-refractivity contribution in [2.24, 2.45) is 0 Å². The molecule has 1 saturated carbocycles.